The van der Waals surface area contributed by atoms with Crippen LogP contribution in [0.3, 0.4) is 0 Å². The Morgan fingerprint density at radius 1 is 1.29 bits per heavy atom. The minimum absolute atomic E-state index is 0.0332. The van der Waals surface area contributed by atoms with Crippen LogP contribution in [-0.2, 0) is 14.4 Å². The maximum Gasteiger partial charge on any atom is 0.265 e. The summed E-state index contributed by atoms with van der Waals surface area (Å²) in [6.07, 6.45) is 1.70. The van der Waals surface area contributed by atoms with Crippen LogP contribution in [0.4, 0.5) is 5.69 Å². The highest BCUT2D eigenvalue weighted by Gasteiger charge is 2.30. The summed E-state index contributed by atoms with van der Waals surface area (Å²) < 4.78 is 5.92. The van der Waals surface area contributed by atoms with Crippen LogP contribution in [0.2, 0.25) is 0 Å². The molecule has 0 radical (unpaired) electrons. The van der Waals surface area contributed by atoms with E-state index in [0.29, 0.717) is 33.8 Å². The fraction of sp³-hybridized carbons (Fsp3) is 0.333. The Kier molecular flexibility index (Phi) is 5.33. The SMILES string of the molecule is O=C1NC(=S)S/C1=C/c1ccc2c(c1)N(CC(=O)N1CCNCC1)C(=O)CO2. The lowest BCUT2D eigenvalue weighted by molar-refractivity contribution is -0.132. The normalized spacial score (nSPS) is 20.9. The van der Waals surface area contributed by atoms with Gasteiger partial charge in [-0.3, -0.25) is 19.3 Å². The number of fused-ring (bicyclic) bond motifs is 1. The van der Waals surface area contributed by atoms with Gasteiger partial charge in [0.15, 0.2) is 6.61 Å². The maximum atomic E-state index is 12.6. The van der Waals surface area contributed by atoms with E-state index in [2.05, 4.69) is 10.6 Å². The first-order valence-electron chi connectivity index (χ1n) is 8.82. The molecule has 1 aromatic rings. The van der Waals surface area contributed by atoms with Gasteiger partial charge in [0.05, 0.1) is 10.6 Å². The van der Waals surface area contributed by atoms with Crippen LogP contribution in [0, 0.1) is 0 Å². The van der Waals surface area contributed by atoms with Gasteiger partial charge in [0.1, 0.15) is 16.6 Å². The van der Waals surface area contributed by atoms with Gasteiger partial charge in [-0.2, -0.15) is 0 Å². The highest BCUT2D eigenvalue weighted by atomic mass is 32.2. The lowest BCUT2D eigenvalue weighted by atomic mass is 10.1. The van der Waals surface area contributed by atoms with Gasteiger partial charge >= 0.3 is 0 Å². The number of piperazine rings is 1. The molecule has 0 aromatic heterocycles. The summed E-state index contributed by atoms with van der Waals surface area (Å²) in [6.45, 7) is 2.62. The number of benzene rings is 1. The molecule has 2 N–H and O–H groups in total. The third kappa shape index (κ3) is 3.89. The summed E-state index contributed by atoms with van der Waals surface area (Å²) >= 11 is 6.19. The third-order valence-electron chi connectivity index (χ3n) is 4.63. The smallest absolute Gasteiger partial charge is 0.265 e. The van der Waals surface area contributed by atoms with Crippen molar-refractivity contribution in [1.82, 2.24) is 15.5 Å². The largest absolute Gasteiger partial charge is 0.482 e. The second kappa shape index (κ2) is 7.90. The zero-order valence-electron chi connectivity index (χ0n) is 14.9. The summed E-state index contributed by atoms with van der Waals surface area (Å²) in [5.41, 5.74) is 1.25. The second-order valence-corrected chi connectivity index (χ2v) is 8.20. The van der Waals surface area contributed by atoms with Crippen molar-refractivity contribution in [1.29, 1.82) is 0 Å². The first-order chi connectivity index (χ1) is 13.5. The van der Waals surface area contributed by atoms with Crippen molar-refractivity contribution in [3.63, 3.8) is 0 Å². The lowest BCUT2D eigenvalue weighted by Crippen LogP contribution is -2.51. The molecule has 3 aliphatic rings. The number of hydrogen-bond donors (Lipinski definition) is 2. The fourth-order valence-electron chi connectivity index (χ4n) is 3.20. The van der Waals surface area contributed by atoms with Crippen LogP contribution < -0.4 is 20.3 Å². The van der Waals surface area contributed by atoms with Crippen LogP contribution >= 0.6 is 24.0 Å². The summed E-state index contributed by atoms with van der Waals surface area (Å²) in [5.74, 6) is -0.0721. The number of carbonyl (C=O) groups excluding carboxylic acids is 3. The molecule has 10 heteroatoms. The van der Waals surface area contributed by atoms with E-state index in [4.69, 9.17) is 17.0 Å². The standard InChI is InChI=1S/C18H18N4O4S2/c23-15(21-5-3-19-4-6-21)9-22-12-7-11(1-2-13(12)26-10-16(22)24)8-14-17(25)20-18(27)28-14/h1-2,7-8,19H,3-6,9-10H2,(H,20,25,27)/b14-8+. The molecule has 3 heterocycles. The zero-order chi connectivity index (χ0) is 19.7. The van der Waals surface area contributed by atoms with Crippen molar-refractivity contribution in [3.05, 3.63) is 28.7 Å². The minimum atomic E-state index is -0.269. The van der Waals surface area contributed by atoms with E-state index in [0.717, 1.165) is 18.7 Å². The number of anilines is 1. The number of nitrogens with zero attached hydrogens (tertiary/aromatic N) is 2. The number of carbonyl (C=O) groups is 3. The van der Waals surface area contributed by atoms with Gasteiger partial charge in [0, 0.05) is 26.2 Å². The molecule has 2 fully saturated rings. The molecule has 0 saturated carbocycles. The number of ether oxygens (including phenoxy) is 1. The number of hydrogen-bond acceptors (Lipinski definition) is 7. The van der Waals surface area contributed by atoms with E-state index in [-0.39, 0.29) is 30.9 Å². The molecule has 0 spiro atoms. The van der Waals surface area contributed by atoms with Gasteiger partial charge in [-0.15, -0.1) is 0 Å². The molecule has 0 aliphatic carbocycles. The Morgan fingerprint density at radius 3 is 2.79 bits per heavy atom. The van der Waals surface area contributed by atoms with Crippen LogP contribution in [0.15, 0.2) is 23.1 Å². The average Bonchev–Trinajstić information content (AvgIpc) is 3.01. The topological polar surface area (TPSA) is 91.0 Å². The highest BCUT2D eigenvalue weighted by Crippen LogP contribution is 2.35. The summed E-state index contributed by atoms with van der Waals surface area (Å²) in [4.78, 5) is 40.7. The molecule has 2 saturated heterocycles. The Morgan fingerprint density at radius 2 is 2.07 bits per heavy atom. The molecular weight excluding hydrogens is 400 g/mol. The van der Waals surface area contributed by atoms with E-state index in [1.54, 1.807) is 29.2 Å². The summed E-state index contributed by atoms with van der Waals surface area (Å²) in [5, 5.41) is 5.77. The maximum absolute atomic E-state index is 12.6. The van der Waals surface area contributed by atoms with Gasteiger partial charge < -0.3 is 20.3 Å². The van der Waals surface area contributed by atoms with Gasteiger partial charge in [-0.05, 0) is 23.8 Å². The van der Waals surface area contributed by atoms with Crippen LogP contribution in [-0.4, -0.2) is 66.3 Å². The summed E-state index contributed by atoms with van der Waals surface area (Å²) in [6, 6.07) is 5.29. The molecule has 146 valence electrons. The van der Waals surface area contributed by atoms with Crippen molar-refractivity contribution in [2.45, 2.75) is 0 Å². The van der Waals surface area contributed by atoms with Crippen molar-refractivity contribution in [3.8, 4) is 5.75 Å². The zero-order valence-corrected chi connectivity index (χ0v) is 16.5. The van der Waals surface area contributed by atoms with Crippen molar-refractivity contribution in [2.24, 2.45) is 0 Å². The van der Waals surface area contributed by atoms with Crippen LogP contribution in [0.25, 0.3) is 6.08 Å². The predicted molar refractivity (Wildman–Crippen MR) is 110 cm³/mol. The molecule has 1 aromatic carbocycles. The number of thiocarbonyl (C=S) groups is 1. The Hall–Kier alpha value is -2.43. The molecule has 4 rings (SSSR count). The molecule has 28 heavy (non-hydrogen) atoms. The quantitative estimate of drug-likeness (QED) is 0.540. The van der Waals surface area contributed by atoms with Gasteiger partial charge in [-0.25, -0.2) is 0 Å². The minimum Gasteiger partial charge on any atom is -0.482 e. The lowest BCUT2D eigenvalue weighted by Gasteiger charge is -2.33. The number of nitrogens with one attached hydrogen (secondary N) is 2. The first-order valence-corrected chi connectivity index (χ1v) is 10.0. The molecule has 0 atom stereocenters. The van der Waals surface area contributed by atoms with Gasteiger partial charge in [0.25, 0.3) is 11.8 Å². The highest BCUT2D eigenvalue weighted by molar-refractivity contribution is 8.26. The van der Waals surface area contributed by atoms with Crippen LogP contribution in [0.1, 0.15) is 5.56 Å². The predicted octanol–water partition coefficient (Wildman–Crippen LogP) is 0.333. The third-order valence-corrected chi connectivity index (χ3v) is 5.79. The molecule has 0 unspecified atom stereocenters. The number of thioether (sulfide) groups is 1. The number of rotatable bonds is 3. The van der Waals surface area contributed by atoms with Gasteiger partial charge in [0.2, 0.25) is 5.91 Å². The Labute approximate surface area is 171 Å². The average molecular weight is 419 g/mol. The fourth-order valence-corrected chi connectivity index (χ4v) is 4.25. The van der Waals surface area contributed by atoms with Crippen molar-refractivity contribution in [2.75, 3.05) is 44.2 Å². The van der Waals surface area contributed by atoms with Crippen molar-refractivity contribution < 1.29 is 19.1 Å². The van der Waals surface area contributed by atoms with E-state index in [1.807, 2.05) is 0 Å². The molecular formula is C18H18N4O4S2. The molecule has 3 aliphatic heterocycles. The molecule has 8 nitrogen and oxygen atoms in total. The van der Waals surface area contributed by atoms with E-state index in [9.17, 15) is 14.4 Å². The molecule has 0 bridgehead atoms. The van der Waals surface area contributed by atoms with E-state index < -0.39 is 0 Å². The van der Waals surface area contributed by atoms with Crippen LogP contribution in [0.5, 0.6) is 5.75 Å². The van der Waals surface area contributed by atoms with E-state index in [1.165, 1.54) is 16.7 Å². The van der Waals surface area contributed by atoms with Crippen molar-refractivity contribution >= 4 is 57.8 Å². The summed E-state index contributed by atoms with van der Waals surface area (Å²) in [7, 11) is 0. The second-order valence-electron chi connectivity index (χ2n) is 6.48. The molecule has 3 amide bonds. The Balaban J connectivity index is 1.59. The monoisotopic (exact) mass is 418 g/mol. The van der Waals surface area contributed by atoms with E-state index >= 15 is 0 Å². The Bertz CT molecular complexity index is 896. The first kappa shape index (κ1) is 18.9. The number of amides is 3. The van der Waals surface area contributed by atoms with Gasteiger partial charge in [-0.1, -0.05) is 30.0 Å².